The molecular weight excluding hydrogens is 166 g/mol. The molecule has 1 heterocycles. The van der Waals surface area contributed by atoms with Crippen molar-refractivity contribution in [2.24, 2.45) is 0 Å². The molecule has 0 aliphatic heterocycles. The van der Waals surface area contributed by atoms with Gasteiger partial charge in [0.2, 0.25) is 0 Å². The first kappa shape index (κ1) is 9.80. The van der Waals surface area contributed by atoms with Crippen LogP contribution in [0.15, 0.2) is 12.1 Å². The maximum Gasteiger partial charge on any atom is 0.126 e. The standard InChI is InChI=1S/C9H15N3O/c1-7-8(10)3-4-9(12-7)11-5-2-6-13/h3-4,13H,2,5-6,10H2,1H3,(H,11,12). The molecule has 4 N–H and O–H groups in total. The van der Waals surface area contributed by atoms with Gasteiger partial charge in [0.15, 0.2) is 0 Å². The van der Waals surface area contributed by atoms with E-state index in [0.29, 0.717) is 5.69 Å². The number of nitrogen functional groups attached to an aromatic ring is 1. The zero-order valence-corrected chi connectivity index (χ0v) is 7.75. The molecule has 0 spiro atoms. The highest BCUT2D eigenvalue weighted by molar-refractivity contribution is 5.48. The van der Waals surface area contributed by atoms with Crippen LogP contribution in [0.25, 0.3) is 0 Å². The third-order valence-corrected chi connectivity index (χ3v) is 1.77. The summed E-state index contributed by atoms with van der Waals surface area (Å²) in [6, 6.07) is 3.66. The molecule has 0 radical (unpaired) electrons. The van der Waals surface area contributed by atoms with Crippen molar-refractivity contribution in [3.8, 4) is 0 Å². The van der Waals surface area contributed by atoms with Crippen LogP contribution < -0.4 is 11.1 Å². The number of anilines is 2. The second kappa shape index (κ2) is 4.67. The summed E-state index contributed by atoms with van der Waals surface area (Å²) in [5, 5.41) is 11.6. The van der Waals surface area contributed by atoms with Gasteiger partial charge >= 0.3 is 0 Å². The maximum atomic E-state index is 8.56. The average Bonchev–Trinajstić information content (AvgIpc) is 2.12. The first-order valence-electron chi connectivity index (χ1n) is 4.32. The van der Waals surface area contributed by atoms with Gasteiger partial charge < -0.3 is 16.2 Å². The number of hydrogen-bond acceptors (Lipinski definition) is 4. The van der Waals surface area contributed by atoms with Crippen LogP contribution in [-0.2, 0) is 0 Å². The SMILES string of the molecule is Cc1nc(NCCCO)ccc1N. The van der Waals surface area contributed by atoms with E-state index < -0.39 is 0 Å². The number of aromatic nitrogens is 1. The van der Waals surface area contributed by atoms with Crippen molar-refractivity contribution < 1.29 is 5.11 Å². The van der Waals surface area contributed by atoms with Crippen molar-refractivity contribution in [3.05, 3.63) is 17.8 Å². The molecule has 0 bridgehead atoms. The number of aryl methyl sites for hydroxylation is 1. The molecule has 0 aliphatic carbocycles. The Labute approximate surface area is 77.8 Å². The number of pyridine rings is 1. The highest BCUT2D eigenvalue weighted by Crippen LogP contribution is 2.11. The lowest BCUT2D eigenvalue weighted by Gasteiger charge is -2.06. The van der Waals surface area contributed by atoms with Crippen LogP contribution in [0, 0.1) is 6.92 Å². The summed E-state index contributed by atoms with van der Waals surface area (Å²) in [4.78, 5) is 4.23. The van der Waals surface area contributed by atoms with Crippen LogP contribution in [0.5, 0.6) is 0 Å². The van der Waals surface area contributed by atoms with Crippen LogP contribution in [0.1, 0.15) is 12.1 Å². The molecule has 0 amide bonds. The van der Waals surface area contributed by atoms with E-state index in [-0.39, 0.29) is 6.61 Å². The van der Waals surface area contributed by atoms with E-state index in [9.17, 15) is 0 Å². The zero-order valence-electron chi connectivity index (χ0n) is 7.75. The fourth-order valence-corrected chi connectivity index (χ4v) is 0.966. The summed E-state index contributed by atoms with van der Waals surface area (Å²) in [7, 11) is 0. The topological polar surface area (TPSA) is 71.2 Å². The van der Waals surface area contributed by atoms with Crippen LogP contribution in [0.4, 0.5) is 11.5 Å². The molecule has 0 unspecified atom stereocenters. The summed E-state index contributed by atoms with van der Waals surface area (Å²) < 4.78 is 0. The lowest BCUT2D eigenvalue weighted by Crippen LogP contribution is -2.06. The normalized spacial score (nSPS) is 10.0. The summed E-state index contributed by atoms with van der Waals surface area (Å²) in [5.74, 6) is 0.806. The molecule has 0 saturated carbocycles. The number of aliphatic hydroxyl groups is 1. The third kappa shape index (κ3) is 2.91. The number of aliphatic hydroxyl groups excluding tert-OH is 1. The van der Waals surface area contributed by atoms with Crippen LogP contribution in [-0.4, -0.2) is 23.2 Å². The first-order chi connectivity index (χ1) is 6.24. The van der Waals surface area contributed by atoms with Crippen molar-refractivity contribution in [1.82, 2.24) is 4.98 Å². The van der Waals surface area contributed by atoms with Crippen molar-refractivity contribution >= 4 is 11.5 Å². The monoisotopic (exact) mass is 181 g/mol. The number of rotatable bonds is 4. The van der Waals surface area contributed by atoms with Gasteiger partial charge in [-0.2, -0.15) is 0 Å². The van der Waals surface area contributed by atoms with E-state index in [4.69, 9.17) is 10.8 Å². The third-order valence-electron chi connectivity index (χ3n) is 1.77. The van der Waals surface area contributed by atoms with Gasteiger partial charge in [0.25, 0.3) is 0 Å². The number of nitrogens with two attached hydrogens (primary N) is 1. The quantitative estimate of drug-likeness (QED) is 0.600. The predicted molar refractivity (Wildman–Crippen MR) is 53.6 cm³/mol. The molecule has 0 aliphatic rings. The molecule has 0 saturated heterocycles. The molecular formula is C9H15N3O. The molecule has 4 nitrogen and oxygen atoms in total. The Morgan fingerprint density at radius 3 is 2.92 bits per heavy atom. The largest absolute Gasteiger partial charge is 0.397 e. The van der Waals surface area contributed by atoms with E-state index in [1.807, 2.05) is 19.1 Å². The molecule has 1 rings (SSSR count). The lowest BCUT2D eigenvalue weighted by molar-refractivity contribution is 0.292. The Morgan fingerprint density at radius 1 is 1.54 bits per heavy atom. The van der Waals surface area contributed by atoms with E-state index in [1.165, 1.54) is 0 Å². The van der Waals surface area contributed by atoms with E-state index in [1.54, 1.807) is 0 Å². The van der Waals surface area contributed by atoms with Gasteiger partial charge in [-0.25, -0.2) is 4.98 Å². The van der Waals surface area contributed by atoms with Crippen molar-refractivity contribution in [1.29, 1.82) is 0 Å². The minimum atomic E-state index is 0.195. The highest BCUT2D eigenvalue weighted by Gasteiger charge is 1.96. The number of hydrogen-bond donors (Lipinski definition) is 3. The zero-order chi connectivity index (χ0) is 9.68. The molecule has 1 aromatic rings. The second-order valence-electron chi connectivity index (χ2n) is 2.88. The van der Waals surface area contributed by atoms with E-state index in [0.717, 1.165) is 24.5 Å². The fraction of sp³-hybridized carbons (Fsp3) is 0.444. The molecule has 72 valence electrons. The van der Waals surface area contributed by atoms with Gasteiger partial charge in [-0.05, 0) is 25.5 Å². The lowest BCUT2D eigenvalue weighted by atomic mass is 10.3. The number of nitrogens with zero attached hydrogens (tertiary/aromatic N) is 1. The van der Waals surface area contributed by atoms with E-state index >= 15 is 0 Å². The van der Waals surface area contributed by atoms with Gasteiger partial charge in [0.05, 0.1) is 11.4 Å². The van der Waals surface area contributed by atoms with Gasteiger partial charge in [0.1, 0.15) is 5.82 Å². The Morgan fingerprint density at radius 2 is 2.31 bits per heavy atom. The molecule has 1 aromatic heterocycles. The minimum absolute atomic E-state index is 0.195. The minimum Gasteiger partial charge on any atom is -0.397 e. The highest BCUT2D eigenvalue weighted by atomic mass is 16.3. The Kier molecular flexibility index (Phi) is 3.52. The maximum absolute atomic E-state index is 8.56. The van der Waals surface area contributed by atoms with Crippen molar-refractivity contribution in [2.75, 3.05) is 24.2 Å². The smallest absolute Gasteiger partial charge is 0.126 e. The summed E-state index contributed by atoms with van der Waals surface area (Å²) in [6.07, 6.45) is 0.727. The first-order valence-corrected chi connectivity index (χ1v) is 4.32. The van der Waals surface area contributed by atoms with E-state index in [2.05, 4.69) is 10.3 Å². The second-order valence-corrected chi connectivity index (χ2v) is 2.88. The Bertz CT molecular complexity index is 276. The average molecular weight is 181 g/mol. The van der Waals surface area contributed by atoms with Crippen LogP contribution in [0.3, 0.4) is 0 Å². The molecule has 0 atom stereocenters. The Hall–Kier alpha value is -1.29. The molecule has 4 heteroatoms. The molecule has 0 aromatic carbocycles. The summed E-state index contributed by atoms with van der Waals surface area (Å²) >= 11 is 0. The number of nitrogens with one attached hydrogen (secondary N) is 1. The predicted octanol–water partition coefficient (Wildman–Crippen LogP) is 0.767. The van der Waals surface area contributed by atoms with Gasteiger partial charge in [-0.3, -0.25) is 0 Å². The van der Waals surface area contributed by atoms with Gasteiger partial charge in [-0.15, -0.1) is 0 Å². The molecule has 0 fully saturated rings. The Balaban J connectivity index is 2.53. The molecule has 13 heavy (non-hydrogen) atoms. The van der Waals surface area contributed by atoms with Gasteiger partial charge in [-0.1, -0.05) is 0 Å². The van der Waals surface area contributed by atoms with Gasteiger partial charge in [0, 0.05) is 13.2 Å². The van der Waals surface area contributed by atoms with Crippen LogP contribution in [0.2, 0.25) is 0 Å². The van der Waals surface area contributed by atoms with Crippen molar-refractivity contribution in [3.63, 3.8) is 0 Å². The van der Waals surface area contributed by atoms with Crippen LogP contribution >= 0.6 is 0 Å². The fourth-order valence-electron chi connectivity index (χ4n) is 0.966. The summed E-state index contributed by atoms with van der Waals surface area (Å²) in [5.41, 5.74) is 7.14. The summed E-state index contributed by atoms with van der Waals surface area (Å²) in [6.45, 7) is 2.79. The van der Waals surface area contributed by atoms with Crippen molar-refractivity contribution in [2.45, 2.75) is 13.3 Å².